The normalized spacial score (nSPS) is 26.2. The molecule has 2 N–H and O–H groups in total. The van der Waals surface area contributed by atoms with Gasteiger partial charge in [-0.05, 0) is 50.6 Å². The van der Waals surface area contributed by atoms with Crippen molar-refractivity contribution in [2.45, 2.75) is 44.7 Å². The van der Waals surface area contributed by atoms with Crippen molar-refractivity contribution in [2.24, 2.45) is 5.92 Å². The Balaban J connectivity index is 1.94. The lowest BCUT2D eigenvalue weighted by molar-refractivity contribution is 0.0749. The molecule has 1 aromatic carbocycles. The van der Waals surface area contributed by atoms with E-state index < -0.39 is 5.82 Å². The SMILES string of the molecule is CC1CCCC(CNCc2ccc(O)c(F)c2)(N(C)C)C1. The Bertz CT molecular complexity index is 478. The molecule has 118 valence electrons. The van der Waals surface area contributed by atoms with Gasteiger partial charge in [-0.2, -0.15) is 0 Å². The molecule has 0 amide bonds. The molecule has 0 bridgehead atoms. The molecule has 1 aliphatic carbocycles. The molecule has 0 aromatic heterocycles. The average Bonchev–Trinajstić information content (AvgIpc) is 2.42. The van der Waals surface area contributed by atoms with E-state index in [0.29, 0.717) is 6.54 Å². The molecule has 0 saturated heterocycles. The largest absolute Gasteiger partial charge is 0.505 e. The number of likely N-dealkylation sites (N-methyl/N-ethyl adjacent to an activating group) is 1. The fraction of sp³-hybridized carbons (Fsp3) is 0.647. The van der Waals surface area contributed by atoms with Gasteiger partial charge in [-0.15, -0.1) is 0 Å². The number of benzene rings is 1. The maximum atomic E-state index is 13.3. The maximum absolute atomic E-state index is 13.3. The topological polar surface area (TPSA) is 35.5 Å². The average molecular weight is 294 g/mol. The van der Waals surface area contributed by atoms with Crippen LogP contribution < -0.4 is 5.32 Å². The minimum absolute atomic E-state index is 0.202. The Labute approximate surface area is 127 Å². The van der Waals surface area contributed by atoms with E-state index in [1.807, 2.05) is 0 Å². The van der Waals surface area contributed by atoms with Gasteiger partial charge in [0.05, 0.1) is 0 Å². The smallest absolute Gasteiger partial charge is 0.165 e. The number of nitrogens with one attached hydrogen (secondary N) is 1. The molecule has 2 rings (SSSR count). The van der Waals surface area contributed by atoms with Crippen molar-refractivity contribution in [3.8, 4) is 5.75 Å². The van der Waals surface area contributed by atoms with Gasteiger partial charge >= 0.3 is 0 Å². The van der Waals surface area contributed by atoms with E-state index in [-0.39, 0.29) is 11.3 Å². The lowest BCUT2D eigenvalue weighted by atomic mass is 9.75. The number of phenols is 1. The van der Waals surface area contributed by atoms with Crippen LogP contribution in [0.25, 0.3) is 0 Å². The van der Waals surface area contributed by atoms with E-state index in [4.69, 9.17) is 0 Å². The molecule has 0 spiro atoms. The summed E-state index contributed by atoms with van der Waals surface area (Å²) < 4.78 is 13.3. The number of nitrogens with zero attached hydrogens (tertiary/aromatic N) is 1. The van der Waals surface area contributed by atoms with Crippen molar-refractivity contribution in [3.63, 3.8) is 0 Å². The Kier molecular flexibility index (Phi) is 5.22. The molecular weight excluding hydrogens is 267 g/mol. The molecule has 1 fully saturated rings. The lowest BCUT2D eigenvalue weighted by Gasteiger charge is -2.45. The predicted molar refractivity (Wildman–Crippen MR) is 83.8 cm³/mol. The van der Waals surface area contributed by atoms with E-state index in [2.05, 4.69) is 31.2 Å². The van der Waals surface area contributed by atoms with E-state index in [0.717, 1.165) is 18.0 Å². The molecule has 3 nitrogen and oxygen atoms in total. The molecule has 4 heteroatoms. The molecule has 1 saturated carbocycles. The van der Waals surface area contributed by atoms with Gasteiger partial charge in [0.1, 0.15) is 0 Å². The Morgan fingerprint density at radius 1 is 1.43 bits per heavy atom. The van der Waals surface area contributed by atoms with Crippen LogP contribution in [0.4, 0.5) is 4.39 Å². The molecule has 0 radical (unpaired) electrons. The first kappa shape index (κ1) is 16.2. The van der Waals surface area contributed by atoms with Gasteiger partial charge in [0, 0.05) is 18.6 Å². The minimum atomic E-state index is -0.553. The second-order valence-corrected chi connectivity index (χ2v) is 6.71. The van der Waals surface area contributed by atoms with Gasteiger partial charge in [-0.25, -0.2) is 4.39 Å². The second-order valence-electron chi connectivity index (χ2n) is 6.71. The monoisotopic (exact) mass is 294 g/mol. The van der Waals surface area contributed by atoms with Gasteiger partial charge in [-0.1, -0.05) is 25.8 Å². The summed E-state index contributed by atoms with van der Waals surface area (Å²) in [5.74, 6) is -0.0819. The van der Waals surface area contributed by atoms with E-state index in [9.17, 15) is 9.50 Å². The maximum Gasteiger partial charge on any atom is 0.165 e. The summed E-state index contributed by atoms with van der Waals surface area (Å²) in [6.07, 6.45) is 5.01. The number of hydrogen-bond donors (Lipinski definition) is 2. The summed E-state index contributed by atoms with van der Waals surface area (Å²) in [6.45, 7) is 3.86. The first-order valence-corrected chi connectivity index (χ1v) is 7.78. The van der Waals surface area contributed by atoms with Crippen molar-refractivity contribution in [1.29, 1.82) is 0 Å². The van der Waals surface area contributed by atoms with Crippen LogP contribution >= 0.6 is 0 Å². The van der Waals surface area contributed by atoms with Gasteiger partial charge < -0.3 is 15.3 Å². The zero-order valence-electron chi connectivity index (χ0n) is 13.3. The molecule has 0 heterocycles. The number of rotatable bonds is 5. The molecular formula is C17H27FN2O. The van der Waals surface area contributed by atoms with Crippen LogP contribution in [-0.2, 0) is 6.54 Å². The van der Waals surface area contributed by atoms with Crippen LogP contribution in [0.15, 0.2) is 18.2 Å². The lowest BCUT2D eigenvalue weighted by Crippen LogP contribution is -2.54. The first-order chi connectivity index (χ1) is 9.93. The van der Waals surface area contributed by atoms with Crippen molar-refractivity contribution < 1.29 is 9.50 Å². The fourth-order valence-electron chi connectivity index (χ4n) is 3.46. The summed E-state index contributed by atoms with van der Waals surface area (Å²) in [5.41, 5.74) is 1.07. The molecule has 1 aliphatic rings. The van der Waals surface area contributed by atoms with Gasteiger partial charge in [0.25, 0.3) is 0 Å². The van der Waals surface area contributed by atoms with Crippen molar-refractivity contribution in [3.05, 3.63) is 29.6 Å². The fourth-order valence-corrected chi connectivity index (χ4v) is 3.46. The third-order valence-corrected chi connectivity index (χ3v) is 4.81. The highest BCUT2D eigenvalue weighted by Crippen LogP contribution is 2.35. The van der Waals surface area contributed by atoms with Gasteiger partial charge in [0.2, 0.25) is 0 Å². The number of hydrogen-bond acceptors (Lipinski definition) is 3. The summed E-state index contributed by atoms with van der Waals surface area (Å²) in [4.78, 5) is 2.34. The number of aromatic hydroxyl groups is 1. The van der Waals surface area contributed by atoms with E-state index in [1.165, 1.54) is 37.8 Å². The molecule has 2 unspecified atom stereocenters. The van der Waals surface area contributed by atoms with E-state index in [1.54, 1.807) is 6.07 Å². The Morgan fingerprint density at radius 3 is 2.81 bits per heavy atom. The minimum Gasteiger partial charge on any atom is -0.505 e. The quantitative estimate of drug-likeness (QED) is 0.876. The zero-order chi connectivity index (χ0) is 15.5. The molecule has 1 aromatic rings. The van der Waals surface area contributed by atoms with Crippen molar-refractivity contribution >= 4 is 0 Å². The van der Waals surface area contributed by atoms with Crippen molar-refractivity contribution in [2.75, 3.05) is 20.6 Å². The third kappa shape index (κ3) is 3.95. The third-order valence-electron chi connectivity index (χ3n) is 4.81. The highest BCUT2D eigenvalue weighted by molar-refractivity contribution is 5.27. The summed E-state index contributed by atoms with van der Waals surface area (Å²) in [6, 6.07) is 4.57. The van der Waals surface area contributed by atoms with Crippen LogP contribution in [0.2, 0.25) is 0 Å². The van der Waals surface area contributed by atoms with Gasteiger partial charge in [0.15, 0.2) is 11.6 Å². The first-order valence-electron chi connectivity index (χ1n) is 7.78. The zero-order valence-corrected chi connectivity index (χ0v) is 13.3. The molecule has 2 atom stereocenters. The highest BCUT2D eigenvalue weighted by Gasteiger charge is 2.36. The highest BCUT2D eigenvalue weighted by atomic mass is 19.1. The van der Waals surface area contributed by atoms with Crippen LogP contribution in [0.1, 0.15) is 38.2 Å². The van der Waals surface area contributed by atoms with E-state index >= 15 is 0 Å². The van der Waals surface area contributed by atoms with Crippen LogP contribution in [0, 0.1) is 11.7 Å². The van der Waals surface area contributed by atoms with Crippen LogP contribution in [-0.4, -0.2) is 36.2 Å². The number of phenolic OH excluding ortho intramolecular Hbond substituents is 1. The molecule has 21 heavy (non-hydrogen) atoms. The van der Waals surface area contributed by atoms with Crippen LogP contribution in [0.3, 0.4) is 0 Å². The summed E-state index contributed by atoms with van der Waals surface area (Å²) >= 11 is 0. The second kappa shape index (κ2) is 6.75. The standard InChI is InChI=1S/C17H27FN2O/c1-13-5-4-8-17(10-13,20(2)3)12-19-11-14-6-7-16(21)15(18)9-14/h6-7,9,13,19,21H,4-5,8,10-12H2,1-3H3. The van der Waals surface area contributed by atoms with Gasteiger partial charge in [-0.3, -0.25) is 0 Å². The predicted octanol–water partition coefficient (Wildman–Crippen LogP) is 3.13. The Hall–Kier alpha value is -1.13. The van der Waals surface area contributed by atoms with Crippen molar-refractivity contribution in [1.82, 2.24) is 10.2 Å². The Morgan fingerprint density at radius 2 is 2.19 bits per heavy atom. The van der Waals surface area contributed by atoms with Crippen LogP contribution in [0.5, 0.6) is 5.75 Å². The summed E-state index contributed by atoms with van der Waals surface area (Å²) in [5, 5.41) is 12.7. The summed E-state index contributed by atoms with van der Waals surface area (Å²) in [7, 11) is 4.31. The molecule has 0 aliphatic heterocycles. The number of halogens is 1.